The predicted octanol–water partition coefficient (Wildman–Crippen LogP) is 2.82. The molecule has 0 spiro atoms. The van der Waals surface area contributed by atoms with Gasteiger partial charge in [-0.2, -0.15) is 0 Å². The lowest BCUT2D eigenvalue weighted by atomic mass is 10.3. The van der Waals surface area contributed by atoms with E-state index in [1.807, 2.05) is 19.0 Å². The highest BCUT2D eigenvalue weighted by molar-refractivity contribution is 6.35. The molecular formula is C15H17Cl2N5O. The van der Waals surface area contributed by atoms with Crippen LogP contribution in [0, 0.1) is 0 Å². The third-order valence-corrected chi connectivity index (χ3v) is 3.48. The van der Waals surface area contributed by atoms with E-state index in [4.69, 9.17) is 23.2 Å². The number of carbonyl (C=O) groups is 1. The molecule has 23 heavy (non-hydrogen) atoms. The third-order valence-electron chi connectivity index (χ3n) is 2.92. The number of halogens is 2. The lowest BCUT2D eigenvalue weighted by Crippen LogP contribution is -2.31. The van der Waals surface area contributed by atoms with E-state index in [2.05, 4.69) is 20.6 Å². The quantitative estimate of drug-likeness (QED) is 0.835. The topological polar surface area (TPSA) is 70.2 Å². The minimum Gasteiger partial charge on any atom is -0.349 e. The van der Waals surface area contributed by atoms with E-state index < -0.39 is 0 Å². The summed E-state index contributed by atoms with van der Waals surface area (Å²) < 4.78 is 0. The van der Waals surface area contributed by atoms with Crippen LogP contribution < -0.4 is 10.6 Å². The van der Waals surface area contributed by atoms with E-state index in [0.717, 1.165) is 6.54 Å². The van der Waals surface area contributed by atoms with Crippen molar-refractivity contribution in [1.82, 2.24) is 20.2 Å². The van der Waals surface area contributed by atoms with Gasteiger partial charge in [0.2, 0.25) is 0 Å². The van der Waals surface area contributed by atoms with E-state index in [1.165, 1.54) is 12.4 Å². The van der Waals surface area contributed by atoms with Crippen molar-refractivity contribution in [3.05, 3.63) is 46.3 Å². The third kappa shape index (κ3) is 5.35. The van der Waals surface area contributed by atoms with Crippen LogP contribution in [0.1, 0.15) is 10.5 Å². The summed E-state index contributed by atoms with van der Waals surface area (Å²) in [6.07, 6.45) is 2.88. The van der Waals surface area contributed by atoms with Gasteiger partial charge in [0.1, 0.15) is 11.5 Å². The van der Waals surface area contributed by atoms with Gasteiger partial charge in [0.25, 0.3) is 5.91 Å². The highest BCUT2D eigenvalue weighted by Crippen LogP contribution is 2.27. The van der Waals surface area contributed by atoms with Crippen LogP contribution in [0.25, 0.3) is 0 Å². The zero-order valence-corrected chi connectivity index (χ0v) is 14.3. The number of nitrogens with one attached hydrogen (secondary N) is 2. The maximum Gasteiger partial charge on any atom is 0.271 e. The van der Waals surface area contributed by atoms with Crippen LogP contribution >= 0.6 is 23.2 Å². The van der Waals surface area contributed by atoms with E-state index >= 15 is 0 Å². The summed E-state index contributed by atoms with van der Waals surface area (Å²) in [4.78, 5) is 22.1. The number of likely N-dealkylation sites (N-methyl/N-ethyl adjacent to an activating group) is 1. The van der Waals surface area contributed by atoms with Crippen LogP contribution in [0.5, 0.6) is 0 Å². The van der Waals surface area contributed by atoms with Crippen LogP contribution in [-0.2, 0) is 0 Å². The van der Waals surface area contributed by atoms with Gasteiger partial charge in [0.05, 0.1) is 23.1 Å². The summed E-state index contributed by atoms with van der Waals surface area (Å²) in [6, 6.07) is 5.07. The van der Waals surface area contributed by atoms with E-state index in [-0.39, 0.29) is 11.6 Å². The number of carbonyl (C=O) groups excluding carboxylic acids is 1. The molecule has 2 aromatic rings. The molecule has 0 fully saturated rings. The SMILES string of the molecule is CN(C)CCNC(=O)c1cnc(Nc2cc(Cl)ccc2Cl)cn1. The van der Waals surface area contributed by atoms with Crippen LogP contribution in [0.4, 0.5) is 11.5 Å². The fraction of sp³-hybridized carbons (Fsp3) is 0.267. The Bertz CT molecular complexity index is 676. The monoisotopic (exact) mass is 353 g/mol. The van der Waals surface area contributed by atoms with E-state index in [0.29, 0.717) is 28.1 Å². The minimum atomic E-state index is -0.258. The summed E-state index contributed by atoms with van der Waals surface area (Å²) in [5, 5.41) is 6.86. The van der Waals surface area contributed by atoms with Gasteiger partial charge >= 0.3 is 0 Å². The molecule has 0 saturated heterocycles. The molecule has 0 unspecified atom stereocenters. The second-order valence-corrected chi connectivity index (χ2v) is 5.94. The molecule has 122 valence electrons. The highest BCUT2D eigenvalue weighted by Gasteiger charge is 2.08. The fourth-order valence-corrected chi connectivity index (χ4v) is 2.06. The molecule has 0 aliphatic rings. The number of aromatic nitrogens is 2. The number of hydrogen-bond acceptors (Lipinski definition) is 5. The highest BCUT2D eigenvalue weighted by atomic mass is 35.5. The molecule has 1 heterocycles. The molecule has 0 bridgehead atoms. The van der Waals surface area contributed by atoms with E-state index in [9.17, 15) is 4.79 Å². The first-order chi connectivity index (χ1) is 11.0. The molecular weight excluding hydrogens is 337 g/mol. The molecule has 2 N–H and O–H groups in total. The molecule has 1 aromatic carbocycles. The number of rotatable bonds is 6. The Labute approximate surface area is 144 Å². The fourth-order valence-electron chi connectivity index (χ4n) is 1.72. The standard InChI is InChI=1S/C15H17Cl2N5O/c1-22(2)6-5-18-15(23)13-8-20-14(9-19-13)21-12-7-10(16)3-4-11(12)17/h3-4,7-9H,5-6H2,1-2H3,(H,18,23)(H,20,21). The minimum absolute atomic E-state index is 0.256. The van der Waals surface area contributed by atoms with Crippen molar-refractivity contribution in [3.8, 4) is 0 Å². The van der Waals surface area contributed by atoms with Crippen LogP contribution in [0.3, 0.4) is 0 Å². The summed E-state index contributed by atoms with van der Waals surface area (Å²) in [5.74, 6) is 0.214. The number of benzene rings is 1. The summed E-state index contributed by atoms with van der Waals surface area (Å²) in [6.45, 7) is 1.30. The van der Waals surface area contributed by atoms with Crippen molar-refractivity contribution in [2.45, 2.75) is 0 Å². The molecule has 1 amide bonds. The first-order valence-electron chi connectivity index (χ1n) is 6.93. The number of nitrogens with zero attached hydrogens (tertiary/aromatic N) is 3. The molecule has 0 atom stereocenters. The Morgan fingerprint density at radius 3 is 2.65 bits per heavy atom. The van der Waals surface area contributed by atoms with Gasteiger partial charge in [0.15, 0.2) is 0 Å². The molecule has 8 heteroatoms. The lowest BCUT2D eigenvalue weighted by Gasteiger charge is -2.10. The Kier molecular flexibility index (Phi) is 6.15. The molecule has 0 saturated carbocycles. The first kappa shape index (κ1) is 17.5. The average molecular weight is 354 g/mol. The van der Waals surface area contributed by atoms with Gasteiger partial charge in [-0.25, -0.2) is 9.97 Å². The molecule has 1 aromatic heterocycles. The number of anilines is 2. The Morgan fingerprint density at radius 1 is 1.22 bits per heavy atom. The van der Waals surface area contributed by atoms with Crippen molar-refractivity contribution in [3.63, 3.8) is 0 Å². The molecule has 0 radical (unpaired) electrons. The number of amides is 1. The summed E-state index contributed by atoms with van der Waals surface area (Å²) in [5.41, 5.74) is 0.878. The zero-order chi connectivity index (χ0) is 16.8. The Morgan fingerprint density at radius 2 is 2.00 bits per heavy atom. The second kappa shape index (κ2) is 8.10. The van der Waals surface area contributed by atoms with Crippen LogP contribution in [0.15, 0.2) is 30.6 Å². The first-order valence-corrected chi connectivity index (χ1v) is 7.68. The van der Waals surface area contributed by atoms with Gasteiger partial charge in [-0.15, -0.1) is 0 Å². The molecule has 0 aliphatic heterocycles. The van der Waals surface area contributed by atoms with Crippen LogP contribution in [-0.4, -0.2) is 48.0 Å². The van der Waals surface area contributed by atoms with Crippen molar-refractivity contribution in [1.29, 1.82) is 0 Å². The molecule has 6 nitrogen and oxygen atoms in total. The maximum absolute atomic E-state index is 11.9. The Balaban J connectivity index is 1.99. The van der Waals surface area contributed by atoms with Crippen molar-refractivity contribution < 1.29 is 4.79 Å². The van der Waals surface area contributed by atoms with E-state index in [1.54, 1.807) is 18.2 Å². The van der Waals surface area contributed by atoms with Gasteiger partial charge in [-0.3, -0.25) is 4.79 Å². The normalized spacial score (nSPS) is 10.7. The largest absolute Gasteiger partial charge is 0.349 e. The smallest absolute Gasteiger partial charge is 0.271 e. The van der Waals surface area contributed by atoms with Gasteiger partial charge < -0.3 is 15.5 Å². The van der Waals surface area contributed by atoms with Gasteiger partial charge in [0, 0.05) is 18.1 Å². The predicted molar refractivity (Wildman–Crippen MR) is 92.7 cm³/mol. The molecule has 2 rings (SSSR count). The second-order valence-electron chi connectivity index (χ2n) is 5.10. The van der Waals surface area contributed by atoms with Gasteiger partial charge in [-0.1, -0.05) is 23.2 Å². The van der Waals surface area contributed by atoms with Crippen molar-refractivity contribution in [2.24, 2.45) is 0 Å². The van der Waals surface area contributed by atoms with Crippen molar-refractivity contribution in [2.75, 3.05) is 32.5 Å². The average Bonchev–Trinajstić information content (AvgIpc) is 2.51. The molecule has 0 aliphatic carbocycles. The summed E-state index contributed by atoms with van der Waals surface area (Å²) in [7, 11) is 3.88. The van der Waals surface area contributed by atoms with Crippen LogP contribution in [0.2, 0.25) is 10.0 Å². The van der Waals surface area contributed by atoms with Gasteiger partial charge in [-0.05, 0) is 32.3 Å². The maximum atomic E-state index is 11.9. The lowest BCUT2D eigenvalue weighted by molar-refractivity contribution is 0.0945. The zero-order valence-electron chi connectivity index (χ0n) is 12.8. The number of hydrogen-bond donors (Lipinski definition) is 2. The summed E-state index contributed by atoms with van der Waals surface area (Å²) >= 11 is 12.0. The Hall–Kier alpha value is -1.89. The van der Waals surface area contributed by atoms with Crippen molar-refractivity contribution >= 4 is 40.6 Å².